The molecule has 1 saturated heterocycles. The quantitative estimate of drug-likeness (QED) is 0.507. The maximum absolute atomic E-state index is 12.1. The number of nitrogens with one attached hydrogen (secondary N) is 3. The van der Waals surface area contributed by atoms with Crippen LogP contribution in [0.1, 0.15) is 30.5 Å². The van der Waals surface area contributed by atoms with E-state index in [4.69, 9.17) is 11.1 Å². The van der Waals surface area contributed by atoms with Crippen molar-refractivity contribution < 1.29 is 4.79 Å². The molecule has 0 bridgehead atoms. The lowest BCUT2D eigenvalue weighted by Gasteiger charge is -2.33. The lowest BCUT2D eigenvalue weighted by molar-refractivity contribution is 0.249. The van der Waals surface area contributed by atoms with Crippen LogP contribution in [0.3, 0.4) is 0 Å². The third kappa shape index (κ3) is 3.88. The fourth-order valence-electron chi connectivity index (χ4n) is 2.62. The Balaban J connectivity index is 1.61. The minimum Gasteiger partial charge on any atom is -0.398 e. The molecule has 1 atom stereocenters. The number of hydrogen-bond donors (Lipinski definition) is 4. The van der Waals surface area contributed by atoms with Gasteiger partial charge in [0.25, 0.3) is 0 Å². The summed E-state index contributed by atoms with van der Waals surface area (Å²) in [6.07, 6.45) is 2.63. The summed E-state index contributed by atoms with van der Waals surface area (Å²) in [6, 6.07) is 10.8. The van der Waals surface area contributed by atoms with Gasteiger partial charge in [0.1, 0.15) is 11.7 Å². The summed E-state index contributed by atoms with van der Waals surface area (Å²) in [5.41, 5.74) is 8.06. The number of amides is 2. The fourth-order valence-corrected chi connectivity index (χ4v) is 2.62. The molecule has 0 radical (unpaired) electrons. The second-order valence-corrected chi connectivity index (χ2v) is 6.08. The Bertz CT molecular complexity index is 772. The van der Waals surface area contributed by atoms with Crippen molar-refractivity contribution in [1.29, 1.82) is 5.41 Å². The van der Waals surface area contributed by atoms with E-state index in [1.165, 1.54) is 6.20 Å². The second kappa shape index (κ2) is 7.21. The molecule has 2 heterocycles. The number of nitrogen functional groups attached to an aromatic ring is 1. The lowest BCUT2D eigenvalue weighted by Crippen LogP contribution is -2.42. The van der Waals surface area contributed by atoms with Crippen molar-refractivity contribution in [2.45, 2.75) is 19.4 Å². The highest BCUT2D eigenvalue weighted by Gasteiger charge is 2.20. The average molecular weight is 338 g/mol. The Labute approximate surface area is 146 Å². The van der Waals surface area contributed by atoms with Crippen LogP contribution in [0.2, 0.25) is 0 Å². The van der Waals surface area contributed by atoms with Crippen LogP contribution < -0.4 is 16.4 Å². The number of rotatable bonds is 4. The number of hydrogen-bond acceptors (Lipinski definition) is 4. The van der Waals surface area contributed by atoms with E-state index in [2.05, 4.69) is 15.6 Å². The molecule has 1 aromatic heterocycles. The predicted octanol–water partition coefficient (Wildman–Crippen LogP) is 2.58. The topological polar surface area (TPSA) is 107 Å². The number of nitrogens with two attached hydrogens (primary N) is 1. The van der Waals surface area contributed by atoms with Gasteiger partial charge in [0, 0.05) is 31.0 Å². The minimum atomic E-state index is -0.353. The maximum Gasteiger partial charge on any atom is 0.320 e. The highest BCUT2D eigenvalue weighted by Crippen LogP contribution is 2.20. The van der Waals surface area contributed by atoms with Gasteiger partial charge in [-0.05, 0) is 18.9 Å². The number of urea groups is 1. The minimum absolute atomic E-state index is 0.127. The van der Waals surface area contributed by atoms with Gasteiger partial charge in [-0.1, -0.05) is 30.3 Å². The lowest BCUT2D eigenvalue weighted by atomic mass is 10.1. The molecule has 2 amide bonds. The third-order valence-corrected chi connectivity index (χ3v) is 4.25. The number of anilines is 2. The van der Waals surface area contributed by atoms with Crippen LogP contribution in [0.5, 0.6) is 0 Å². The number of carbonyl (C=O) groups is 1. The van der Waals surface area contributed by atoms with Crippen LogP contribution >= 0.6 is 0 Å². The van der Waals surface area contributed by atoms with Crippen LogP contribution in [0.25, 0.3) is 0 Å². The van der Waals surface area contributed by atoms with Crippen molar-refractivity contribution in [2.75, 3.05) is 24.1 Å². The van der Waals surface area contributed by atoms with Crippen molar-refractivity contribution in [1.82, 2.24) is 15.2 Å². The number of carbonyl (C=O) groups excluding carboxylic acids is 1. The summed E-state index contributed by atoms with van der Waals surface area (Å²) in [4.78, 5) is 18.3. The number of pyridine rings is 1. The zero-order chi connectivity index (χ0) is 17.8. The Hall–Kier alpha value is -3.09. The van der Waals surface area contributed by atoms with Gasteiger partial charge in [0.05, 0.1) is 11.6 Å². The monoisotopic (exact) mass is 338 g/mol. The third-order valence-electron chi connectivity index (χ3n) is 4.25. The van der Waals surface area contributed by atoms with Gasteiger partial charge in [0.15, 0.2) is 0 Å². The average Bonchev–Trinajstić information content (AvgIpc) is 2.54. The van der Waals surface area contributed by atoms with Gasteiger partial charge < -0.3 is 16.0 Å². The van der Waals surface area contributed by atoms with Crippen molar-refractivity contribution in [2.24, 2.45) is 0 Å². The van der Waals surface area contributed by atoms with Crippen molar-refractivity contribution in [3.05, 3.63) is 53.7 Å². The molecule has 7 heteroatoms. The van der Waals surface area contributed by atoms with Gasteiger partial charge in [-0.15, -0.1) is 0 Å². The number of aromatic nitrogens is 1. The first-order valence-electron chi connectivity index (χ1n) is 8.26. The fraction of sp³-hybridized carbons (Fsp3) is 0.278. The summed E-state index contributed by atoms with van der Waals surface area (Å²) in [7, 11) is 0. The smallest absolute Gasteiger partial charge is 0.320 e. The Kier molecular flexibility index (Phi) is 4.83. The van der Waals surface area contributed by atoms with E-state index in [1.54, 1.807) is 6.07 Å². The van der Waals surface area contributed by atoms with Crippen LogP contribution in [-0.4, -0.2) is 34.8 Å². The highest BCUT2D eigenvalue weighted by atomic mass is 16.2. The second-order valence-electron chi connectivity index (χ2n) is 6.08. The molecule has 3 rings (SSSR count). The molecule has 0 saturated carbocycles. The predicted molar refractivity (Wildman–Crippen MR) is 98.7 cm³/mol. The van der Waals surface area contributed by atoms with Crippen molar-refractivity contribution in [3.8, 4) is 0 Å². The molecule has 5 N–H and O–H groups in total. The van der Waals surface area contributed by atoms with E-state index in [-0.39, 0.29) is 12.1 Å². The van der Waals surface area contributed by atoms with Gasteiger partial charge in [0.2, 0.25) is 0 Å². The SMILES string of the molecule is C[C@@H](NC(=O)Nc1cc(N)c(C(=N)N2CCC2)cn1)c1ccccc1. The van der Waals surface area contributed by atoms with E-state index >= 15 is 0 Å². The van der Waals surface area contributed by atoms with E-state index in [0.29, 0.717) is 22.9 Å². The van der Waals surface area contributed by atoms with Gasteiger partial charge in [-0.25, -0.2) is 9.78 Å². The van der Waals surface area contributed by atoms with Gasteiger partial charge in [-0.3, -0.25) is 10.7 Å². The Morgan fingerprint density at radius 3 is 2.64 bits per heavy atom. The molecule has 1 aromatic carbocycles. The molecule has 130 valence electrons. The standard InChI is InChI=1S/C18H22N6O/c1-12(13-6-3-2-4-7-13)22-18(25)23-16-10-15(19)14(11-21-16)17(20)24-8-5-9-24/h2-4,6-7,10-12,20H,5,8-9H2,1H3,(H4,19,21,22,23,25)/t12-/m1/s1. The zero-order valence-electron chi connectivity index (χ0n) is 14.1. The molecule has 1 fully saturated rings. The molecule has 7 nitrogen and oxygen atoms in total. The molecular weight excluding hydrogens is 316 g/mol. The van der Waals surface area contributed by atoms with Gasteiger partial charge in [-0.2, -0.15) is 0 Å². The molecule has 1 aliphatic heterocycles. The molecule has 0 spiro atoms. The van der Waals surface area contributed by atoms with Gasteiger partial charge >= 0.3 is 6.03 Å². The summed E-state index contributed by atoms with van der Waals surface area (Å²) < 4.78 is 0. The molecular formula is C18H22N6O. The van der Waals surface area contributed by atoms with Crippen LogP contribution in [0.15, 0.2) is 42.6 Å². The first-order chi connectivity index (χ1) is 12.0. The number of amidine groups is 1. The van der Waals surface area contributed by atoms with E-state index < -0.39 is 0 Å². The molecule has 0 aliphatic carbocycles. The number of nitrogens with zero attached hydrogens (tertiary/aromatic N) is 2. The first-order valence-corrected chi connectivity index (χ1v) is 8.26. The molecule has 0 unspecified atom stereocenters. The van der Waals surface area contributed by atoms with Crippen molar-refractivity contribution >= 4 is 23.4 Å². The largest absolute Gasteiger partial charge is 0.398 e. The molecule has 25 heavy (non-hydrogen) atoms. The normalized spacial score (nSPS) is 14.4. The highest BCUT2D eigenvalue weighted by molar-refractivity contribution is 6.01. The van der Waals surface area contributed by atoms with Crippen molar-refractivity contribution in [3.63, 3.8) is 0 Å². The maximum atomic E-state index is 12.1. The zero-order valence-corrected chi connectivity index (χ0v) is 14.1. The molecule has 1 aliphatic rings. The van der Waals surface area contributed by atoms with Crippen LogP contribution in [0.4, 0.5) is 16.3 Å². The van der Waals surface area contributed by atoms with E-state index in [0.717, 1.165) is 25.1 Å². The van der Waals surface area contributed by atoms with E-state index in [9.17, 15) is 4.79 Å². The number of likely N-dealkylation sites (tertiary alicyclic amines) is 1. The Morgan fingerprint density at radius 2 is 2.04 bits per heavy atom. The van der Waals surface area contributed by atoms with E-state index in [1.807, 2.05) is 42.2 Å². The van der Waals surface area contributed by atoms with Crippen LogP contribution in [0, 0.1) is 5.41 Å². The summed E-state index contributed by atoms with van der Waals surface area (Å²) in [5, 5.41) is 13.7. The summed E-state index contributed by atoms with van der Waals surface area (Å²) in [5.74, 6) is 0.736. The van der Waals surface area contributed by atoms with Crippen LogP contribution in [-0.2, 0) is 0 Å². The number of benzene rings is 1. The molecule has 2 aromatic rings. The first kappa shape index (κ1) is 16.8. The summed E-state index contributed by atoms with van der Waals surface area (Å²) >= 11 is 0. The Morgan fingerprint density at radius 1 is 1.32 bits per heavy atom. The summed E-state index contributed by atoms with van der Waals surface area (Å²) in [6.45, 7) is 3.66.